The fourth-order valence-electron chi connectivity index (χ4n) is 5.21. The van der Waals surface area contributed by atoms with Crippen molar-refractivity contribution in [3.05, 3.63) is 59.6 Å². The number of amides is 1. The summed E-state index contributed by atoms with van der Waals surface area (Å²) < 4.78 is 19.9. The summed E-state index contributed by atoms with van der Waals surface area (Å²) in [6, 6.07) is 9.77. The van der Waals surface area contributed by atoms with Gasteiger partial charge in [-0.2, -0.15) is 0 Å². The molecule has 1 N–H and O–H groups in total. The van der Waals surface area contributed by atoms with Gasteiger partial charge in [-0.1, -0.05) is 18.5 Å². The number of carbonyl (C=O) groups is 1. The summed E-state index contributed by atoms with van der Waals surface area (Å²) in [5.74, 6) is 2.24. The lowest BCUT2D eigenvalue weighted by Gasteiger charge is -2.21. The van der Waals surface area contributed by atoms with Crippen LogP contribution in [0.5, 0.6) is 5.75 Å². The minimum Gasteiger partial charge on any atom is -0.490 e. The molecule has 2 saturated carbocycles. The molecule has 0 saturated heterocycles. The van der Waals surface area contributed by atoms with Gasteiger partial charge in [-0.15, -0.1) is 0 Å². The molecule has 0 radical (unpaired) electrons. The number of anilines is 1. The summed E-state index contributed by atoms with van der Waals surface area (Å²) in [4.78, 5) is 21.3. The number of halogens is 2. The highest BCUT2D eigenvalue weighted by Crippen LogP contribution is 2.62. The van der Waals surface area contributed by atoms with Gasteiger partial charge in [-0.25, -0.2) is 9.37 Å². The van der Waals surface area contributed by atoms with Crippen LogP contribution in [-0.4, -0.2) is 22.0 Å². The third kappa shape index (κ3) is 3.97. The van der Waals surface area contributed by atoms with Gasteiger partial charge in [0.1, 0.15) is 17.4 Å². The molecule has 2 aliphatic carbocycles. The number of fused-ring (bicyclic) bond motifs is 2. The van der Waals surface area contributed by atoms with Crippen LogP contribution in [0.4, 0.5) is 10.2 Å². The molecule has 3 atom stereocenters. The summed E-state index contributed by atoms with van der Waals surface area (Å²) in [7, 11) is 0. The molecule has 3 unspecified atom stereocenters. The van der Waals surface area contributed by atoms with Gasteiger partial charge in [0.25, 0.3) is 0 Å². The Hall–Kier alpha value is -2.73. The monoisotopic (exact) mass is 439 g/mol. The van der Waals surface area contributed by atoms with Gasteiger partial charge in [0.15, 0.2) is 0 Å². The molecule has 5 nitrogen and oxygen atoms in total. The number of carbonyl (C=O) groups excluding carboxylic acids is 1. The molecule has 2 fully saturated rings. The Bertz CT molecular complexity index is 1110. The van der Waals surface area contributed by atoms with Crippen molar-refractivity contribution in [2.75, 3.05) is 5.32 Å². The van der Waals surface area contributed by atoms with Crippen molar-refractivity contribution >= 4 is 34.2 Å². The molecule has 2 heterocycles. The number of pyridine rings is 2. The molecule has 5 rings (SSSR count). The molecule has 1 amide bonds. The maximum absolute atomic E-state index is 13.7. The molecule has 3 aromatic rings. The second kappa shape index (κ2) is 8.08. The average molecular weight is 440 g/mol. The molecule has 31 heavy (non-hydrogen) atoms. The van der Waals surface area contributed by atoms with E-state index in [0.717, 1.165) is 24.8 Å². The van der Waals surface area contributed by atoms with Gasteiger partial charge in [-0.3, -0.25) is 9.78 Å². The van der Waals surface area contributed by atoms with Crippen LogP contribution >= 0.6 is 11.6 Å². The zero-order valence-corrected chi connectivity index (χ0v) is 17.8. The fraction of sp³-hybridized carbons (Fsp3) is 0.375. The third-order valence-corrected chi connectivity index (χ3v) is 6.87. The summed E-state index contributed by atoms with van der Waals surface area (Å²) >= 11 is 5.87. The van der Waals surface area contributed by atoms with Crippen molar-refractivity contribution in [2.45, 2.75) is 32.3 Å². The summed E-state index contributed by atoms with van der Waals surface area (Å²) in [6.07, 6.45) is 5.92. The Labute approximate surface area is 185 Å². The van der Waals surface area contributed by atoms with Crippen molar-refractivity contribution in [1.29, 1.82) is 0 Å². The van der Waals surface area contributed by atoms with Crippen molar-refractivity contribution in [3.8, 4) is 5.75 Å². The van der Waals surface area contributed by atoms with E-state index in [2.05, 4.69) is 22.2 Å². The first-order chi connectivity index (χ1) is 15.0. The van der Waals surface area contributed by atoms with Gasteiger partial charge >= 0.3 is 0 Å². The van der Waals surface area contributed by atoms with E-state index in [9.17, 15) is 9.18 Å². The van der Waals surface area contributed by atoms with Gasteiger partial charge in [0.05, 0.1) is 16.6 Å². The van der Waals surface area contributed by atoms with Crippen LogP contribution in [-0.2, 0) is 4.79 Å². The van der Waals surface area contributed by atoms with E-state index in [1.165, 1.54) is 18.3 Å². The Morgan fingerprint density at radius 2 is 2.03 bits per heavy atom. The van der Waals surface area contributed by atoms with Crippen LogP contribution < -0.4 is 10.1 Å². The number of aromatic nitrogens is 2. The normalized spacial score (nSPS) is 25.1. The standard InChI is InChI=1S/C24H23ClFN3O2/c1-2-16(24(30)29-22-6-3-13(25)12-28-22)23-17-10-15(11-18(17)23)31-21-7-8-27-20-5-4-14(26)9-19(20)21/h3-9,12,15-18,23H,2,10-11H2,1H3,(H,28,29,30). The highest BCUT2D eigenvalue weighted by atomic mass is 35.5. The molecule has 2 aromatic heterocycles. The number of hydrogen-bond acceptors (Lipinski definition) is 4. The zero-order valence-electron chi connectivity index (χ0n) is 17.1. The number of benzene rings is 1. The largest absolute Gasteiger partial charge is 0.490 e. The van der Waals surface area contributed by atoms with Crippen molar-refractivity contribution in [3.63, 3.8) is 0 Å². The molecule has 0 aliphatic heterocycles. The maximum atomic E-state index is 13.7. The van der Waals surface area contributed by atoms with E-state index in [0.29, 0.717) is 39.7 Å². The predicted octanol–water partition coefficient (Wildman–Crippen LogP) is 5.49. The highest BCUT2D eigenvalue weighted by molar-refractivity contribution is 6.30. The molecular formula is C24H23ClFN3O2. The SMILES string of the molecule is CCC(C(=O)Nc1ccc(Cl)cn1)C1C2CC(Oc3ccnc4ccc(F)cc34)CC21. The smallest absolute Gasteiger partial charge is 0.228 e. The predicted molar refractivity (Wildman–Crippen MR) is 117 cm³/mol. The lowest BCUT2D eigenvalue weighted by molar-refractivity contribution is -0.121. The molecule has 0 spiro atoms. The second-order valence-electron chi connectivity index (χ2n) is 8.45. The summed E-state index contributed by atoms with van der Waals surface area (Å²) in [5, 5.41) is 4.16. The molecular weight excluding hydrogens is 417 g/mol. The van der Waals surface area contributed by atoms with Crippen molar-refractivity contribution in [2.24, 2.45) is 23.7 Å². The summed E-state index contributed by atoms with van der Waals surface area (Å²) in [6.45, 7) is 2.05. The van der Waals surface area contributed by atoms with E-state index < -0.39 is 0 Å². The highest BCUT2D eigenvalue weighted by Gasteiger charge is 2.60. The molecule has 0 bridgehead atoms. The zero-order chi connectivity index (χ0) is 21.5. The minimum atomic E-state index is -0.299. The number of nitrogens with zero attached hydrogens (tertiary/aromatic N) is 2. The van der Waals surface area contributed by atoms with Crippen LogP contribution in [0, 0.1) is 29.5 Å². The second-order valence-corrected chi connectivity index (χ2v) is 8.89. The van der Waals surface area contributed by atoms with E-state index in [4.69, 9.17) is 16.3 Å². The lowest BCUT2D eigenvalue weighted by Crippen LogP contribution is -2.27. The van der Waals surface area contributed by atoms with E-state index >= 15 is 0 Å². The van der Waals surface area contributed by atoms with Crippen LogP contribution in [0.1, 0.15) is 26.2 Å². The van der Waals surface area contributed by atoms with Crippen molar-refractivity contribution in [1.82, 2.24) is 9.97 Å². The van der Waals surface area contributed by atoms with E-state index in [1.54, 1.807) is 30.5 Å². The Morgan fingerprint density at radius 1 is 1.23 bits per heavy atom. The van der Waals surface area contributed by atoms with Crippen LogP contribution in [0.25, 0.3) is 10.9 Å². The molecule has 1 aromatic carbocycles. The minimum absolute atomic E-state index is 0.0183. The number of nitrogens with one attached hydrogen (secondary N) is 1. The van der Waals surface area contributed by atoms with Gasteiger partial charge < -0.3 is 10.1 Å². The lowest BCUT2D eigenvalue weighted by atomic mass is 9.93. The molecule has 160 valence electrons. The Morgan fingerprint density at radius 3 is 2.74 bits per heavy atom. The summed E-state index contributed by atoms with van der Waals surface area (Å²) in [5.41, 5.74) is 0.721. The average Bonchev–Trinajstić information content (AvgIpc) is 3.23. The Balaban J connectivity index is 1.22. The number of rotatable bonds is 6. The molecule has 7 heteroatoms. The topological polar surface area (TPSA) is 64.1 Å². The quantitative estimate of drug-likeness (QED) is 0.551. The first kappa shape index (κ1) is 20.2. The van der Waals surface area contributed by atoms with E-state index in [-0.39, 0.29) is 23.7 Å². The first-order valence-electron chi connectivity index (χ1n) is 10.7. The van der Waals surface area contributed by atoms with E-state index in [1.807, 2.05) is 0 Å². The van der Waals surface area contributed by atoms with Crippen molar-refractivity contribution < 1.29 is 13.9 Å². The maximum Gasteiger partial charge on any atom is 0.228 e. The third-order valence-electron chi connectivity index (χ3n) is 6.65. The number of hydrogen-bond donors (Lipinski definition) is 1. The van der Waals surface area contributed by atoms with Gasteiger partial charge in [0.2, 0.25) is 5.91 Å². The van der Waals surface area contributed by atoms with Gasteiger partial charge in [-0.05, 0) is 73.4 Å². The van der Waals surface area contributed by atoms with Crippen LogP contribution in [0.15, 0.2) is 48.8 Å². The van der Waals surface area contributed by atoms with Gasteiger partial charge in [0, 0.05) is 23.7 Å². The van der Waals surface area contributed by atoms with Crippen LogP contribution in [0.2, 0.25) is 5.02 Å². The number of ether oxygens (including phenoxy) is 1. The first-order valence-corrected chi connectivity index (χ1v) is 11.0. The Kier molecular flexibility index (Phi) is 5.26. The molecule has 2 aliphatic rings. The van der Waals surface area contributed by atoms with Crippen LogP contribution in [0.3, 0.4) is 0 Å². The fourth-order valence-corrected chi connectivity index (χ4v) is 5.32.